The second-order valence-electron chi connectivity index (χ2n) is 6.43. The molecule has 5 nitrogen and oxygen atoms in total. The lowest BCUT2D eigenvalue weighted by Crippen LogP contribution is -2.41. The summed E-state index contributed by atoms with van der Waals surface area (Å²) in [5.74, 6) is -7.57. The van der Waals surface area contributed by atoms with Crippen molar-refractivity contribution in [3.8, 4) is 5.75 Å². The summed E-state index contributed by atoms with van der Waals surface area (Å²) in [6, 6.07) is 8.02. The largest absolute Gasteiger partial charge is 0.489 e. The Balaban J connectivity index is 1.84. The molecule has 146 valence electrons. The molecule has 0 atom stereocenters. The minimum Gasteiger partial charge on any atom is -0.489 e. The van der Waals surface area contributed by atoms with E-state index in [-0.39, 0.29) is 17.9 Å². The first-order chi connectivity index (χ1) is 13.2. The molecule has 0 aliphatic carbocycles. The van der Waals surface area contributed by atoms with Gasteiger partial charge in [0.15, 0.2) is 17.5 Å². The zero-order valence-corrected chi connectivity index (χ0v) is 14.9. The van der Waals surface area contributed by atoms with Crippen molar-refractivity contribution in [3.05, 3.63) is 70.5 Å². The maximum atomic E-state index is 13.3. The minimum absolute atomic E-state index is 0.153. The van der Waals surface area contributed by atoms with Gasteiger partial charge in [-0.15, -0.1) is 0 Å². The summed E-state index contributed by atoms with van der Waals surface area (Å²) in [5, 5.41) is 0. The lowest BCUT2D eigenvalue weighted by Gasteiger charge is -2.29. The van der Waals surface area contributed by atoms with Crippen molar-refractivity contribution >= 4 is 18.0 Å². The molecule has 1 fully saturated rings. The molecule has 0 N–H and O–H groups in total. The number of hydrogen-bond donors (Lipinski definition) is 0. The predicted molar refractivity (Wildman–Crippen MR) is 91.3 cm³/mol. The van der Waals surface area contributed by atoms with Gasteiger partial charge in [-0.2, -0.15) is 0 Å². The SMILES string of the molecule is CC1(C)OC(=O)C(=Cc2ccccc2COc2cc(F)c(F)c(F)c2)C(=O)O1. The van der Waals surface area contributed by atoms with Gasteiger partial charge in [-0.3, -0.25) is 0 Å². The Morgan fingerprint density at radius 2 is 1.57 bits per heavy atom. The van der Waals surface area contributed by atoms with Gasteiger partial charge in [0, 0.05) is 26.0 Å². The van der Waals surface area contributed by atoms with Gasteiger partial charge in [0.25, 0.3) is 5.79 Å². The van der Waals surface area contributed by atoms with Crippen LogP contribution in [-0.2, 0) is 25.7 Å². The molecule has 0 radical (unpaired) electrons. The maximum Gasteiger partial charge on any atom is 0.348 e. The van der Waals surface area contributed by atoms with Crippen molar-refractivity contribution in [3.63, 3.8) is 0 Å². The van der Waals surface area contributed by atoms with E-state index in [0.29, 0.717) is 11.1 Å². The average molecular weight is 392 g/mol. The summed E-state index contributed by atoms with van der Waals surface area (Å²) < 4.78 is 55.0. The first kappa shape index (κ1) is 19.5. The Morgan fingerprint density at radius 1 is 1.00 bits per heavy atom. The zero-order chi connectivity index (χ0) is 20.5. The van der Waals surface area contributed by atoms with Crippen LogP contribution in [0.1, 0.15) is 25.0 Å². The van der Waals surface area contributed by atoms with Crippen molar-refractivity contribution in [2.75, 3.05) is 0 Å². The highest BCUT2D eigenvalue weighted by Crippen LogP contribution is 2.26. The van der Waals surface area contributed by atoms with Crippen molar-refractivity contribution in [1.82, 2.24) is 0 Å². The summed E-state index contributed by atoms with van der Waals surface area (Å²) in [4.78, 5) is 24.2. The van der Waals surface area contributed by atoms with Crippen LogP contribution in [0.5, 0.6) is 5.75 Å². The van der Waals surface area contributed by atoms with Crippen LogP contribution in [0.3, 0.4) is 0 Å². The number of hydrogen-bond acceptors (Lipinski definition) is 5. The third kappa shape index (κ3) is 4.16. The summed E-state index contributed by atoms with van der Waals surface area (Å²) in [6.45, 7) is 2.71. The smallest absolute Gasteiger partial charge is 0.348 e. The van der Waals surface area contributed by atoms with Crippen LogP contribution in [0, 0.1) is 17.5 Å². The van der Waals surface area contributed by atoms with Gasteiger partial charge in [-0.25, -0.2) is 22.8 Å². The molecule has 0 unspecified atom stereocenters. The molecule has 0 aromatic heterocycles. The Labute approximate surface area is 158 Å². The summed E-state index contributed by atoms with van der Waals surface area (Å²) in [6.07, 6.45) is 1.28. The van der Waals surface area contributed by atoms with E-state index in [4.69, 9.17) is 14.2 Å². The van der Waals surface area contributed by atoms with Crippen molar-refractivity contribution in [2.24, 2.45) is 0 Å². The fourth-order valence-electron chi connectivity index (χ4n) is 2.52. The van der Waals surface area contributed by atoms with Gasteiger partial charge in [0.1, 0.15) is 17.9 Å². The molecular weight excluding hydrogens is 377 g/mol. The Kier molecular flexibility index (Phi) is 5.13. The van der Waals surface area contributed by atoms with Gasteiger partial charge in [-0.05, 0) is 17.2 Å². The van der Waals surface area contributed by atoms with Crippen LogP contribution in [0.2, 0.25) is 0 Å². The number of ether oxygens (including phenoxy) is 3. The summed E-state index contributed by atoms with van der Waals surface area (Å²) in [5.41, 5.74) is 0.644. The van der Waals surface area contributed by atoms with Crippen LogP contribution in [0.25, 0.3) is 6.08 Å². The highest BCUT2D eigenvalue weighted by atomic mass is 19.2. The molecule has 2 aromatic carbocycles. The molecule has 1 aliphatic heterocycles. The molecule has 0 amide bonds. The third-order valence-corrected chi connectivity index (χ3v) is 3.82. The van der Waals surface area contributed by atoms with E-state index in [1.165, 1.54) is 19.9 Å². The second kappa shape index (κ2) is 7.38. The average Bonchev–Trinajstić information content (AvgIpc) is 2.61. The Bertz CT molecular complexity index is 937. The molecule has 1 heterocycles. The highest BCUT2D eigenvalue weighted by Gasteiger charge is 2.38. The number of cyclic esters (lactones) is 2. The third-order valence-electron chi connectivity index (χ3n) is 3.82. The Hall–Kier alpha value is -3.29. The Morgan fingerprint density at radius 3 is 2.18 bits per heavy atom. The fourth-order valence-corrected chi connectivity index (χ4v) is 2.52. The molecule has 0 spiro atoms. The number of halogens is 3. The van der Waals surface area contributed by atoms with E-state index in [0.717, 1.165) is 12.1 Å². The van der Waals surface area contributed by atoms with Crippen molar-refractivity contribution in [2.45, 2.75) is 26.2 Å². The number of benzene rings is 2. The number of rotatable bonds is 4. The minimum atomic E-state index is -1.59. The molecule has 28 heavy (non-hydrogen) atoms. The fraction of sp³-hybridized carbons (Fsp3) is 0.200. The van der Waals surface area contributed by atoms with Crippen LogP contribution >= 0.6 is 0 Å². The number of carbonyl (C=O) groups excluding carboxylic acids is 2. The van der Waals surface area contributed by atoms with E-state index in [1.807, 2.05) is 0 Å². The number of carbonyl (C=O) groups is 2. The number of esters is 2. The molecule has 1 aliphatic rings. The quantitative estimate of drug-likeness (QED) is 0.342. The van der Waals surface area contributed by atoms with Gasteiger partial charge < -0.3 is 14.2 Å². The molecule has 8 heteroatoms. The van der Waals surface area contributed by atoms with Crippen LogP contribution < -0.4 is 4.74 Å². The van der Waals surface area contributed by atoms with E-state index < -0.39 is 35.2 Å². The van der Waals surface area contributed by atoms with Gasteiger partial charge in [0.2, 0.25) is 0 Å². The van der Waals surface area contributed by atoms with E-state index >= 15 is 0 Å². The zero-order valence-electron chi connectivity index (χ0n) is 14.9. The normalized spacial score (nSPS) is 15.7. The molecule has 0 saturated carbocycles. The monoisotopic (exact) mass is 392 g/mol. The first-order valence-corrected chi connectivity index (χ1v) is 8.20. The molecule has 1 saturated heterocycles. The second-order valence-corrected chi connectivity index (χ2v) is 6.43. The topological polar surface area (TPSA) is 61.8 Å². The lowest BCUT2D eigenvalue weighted by atomic mass is 10.0. The summed E-state index contributed by atoms with van der Waals surface area (Å²) >= 11 is 0. The van der Waals surface area contributed by atoms with E-state index in [2.05, 4.69) is 0 Å². The van der Waals surface area contributed by atoms with Crippen LogP contribution in [0.15, 0.2) is 42.0 Å². The molecule has 2 aromatic rings. The van der Waals surface area contributed by atoms with E-state index in [9.17, 15) is 22.8 Å². The molecular formula is C20H15F3O5. The molecule has 0 bridgehead atoms. The predicted octanol–water partition coefficient (Wildman–Crippen LogP) is 3.90. The maximum absolute atomic E-state index is 13.3. The van der Waals surface area contributed by atoms with Gasteiger partial charge in [0.05, 0.1) is 0 Å². The van der Waals surface area contributed by atoms with Crippen LogP contribution in [-0.4, -0.2) is 17.7 Å². The van der Waals surface area contributed by atoms with Gasteiger partial charge in [-0.1, -0.05) is 24.3 Å². The van der Waals surface area contributed by atoms with E-state index in [1.54, 1.807) is 24.3 Å². The first-order valence-electron chi connectivity index (χ1n) is 8.20. The summed E-state index contributed by atoms with van der Waals surface area (Å²) in [7, 11) is 0. The molecule has 3 rings (SSSR count). The van der Waals surface area contributed by atoms with Crippen molar-refractivity contribution in [1.29, 1.82) is 0 Å². The van der Waals surface area contributed by atoms with Gasteiger partial charge >= 0.3 is 11.9 Å². The lowest BCUT2D eigenvalue weighted by molar-refractivity contribution is -0.222. The standard InChI is InChI=1S/C20H15F3O5/c1-20(2)27-18(24)14(19(25)28-20)7-11-5-3-4-6-12(11)10-26-13-8-15(21)17(23)16(22)9-13/h3-9H,10H2,1-2H3. The van der Waals surface area contributed by atoms with Crippen LogP contribution in [0.4, 0.5) is 13.2 Å². The van der Waals surface area contributed by atoms with Crippen molar-refractivity contribution < 1.29 is 37.0 Å². The highest BCUT2D eigenvalue weighted by molar-refractivity contribution is 6.18.